The number of piperidine rings is 1. The maximum Gasteiger partial charge on any atom is 0.223 e. The number of benzene rings is 1. The number of nitrogens with zero attached hydrogens (tertiary/aromatic N) is 2. The smallest absolute Gasteiger partial charge is 0.223 e. The summed E-state index contributed by atoms with van der Waals surface area (Å²) in [5, 5.41) is 3.49. The molecule has 1 aromatic carbocycles. The standard InChI is InChI=1S/C24H33N3O2/c1-24(2)12-6-16-27(20-10-14-25-15-11-20)17-19-7-5-13-26-23(19)29-22-9-4-3-8-21(22)28-18-24/h3-5,7-9,13,20,25H,6,10-12,14-18H2,1-2H3. The van der Waals surface area contributed by atoms with Gasteiger partial charge in [0, 0.05) is 24.3 Å². The molecular formula is C24H33N3O2. The molecule has 2 aromatic rings. The van der Waals surface area contributed by atoms with Gasteiger partial charge in [-0.05, 0) is 68.9 Å². The van der Waals surface area contributed by atoms with Gasteiger partial charge < -0.3 is 14.8 Å². The number of ether oxygens (including phenoxy) is 2. The minimum Gasteiger partial charge on any atom is -0.489 e. The van der Waals surface area contributed by atoms with Gasteiger partial charge in [0.15, 0.2) is 11.5 Å². The topological polar surface area (TPSA) is 46.6 Å². The van der Waals surface area contributed by atoms with Gasteiger partial charge in [-0.15, -0.1) is 0 Å². The number of hydrogen-bond acceptors (Lipinski definition) is 5. The Morgan fingerprint density at radius 3 is 2.69 bits per heavy atom. The molecular weight excluding hydrogens is 362 g/mol. The van der Waals surface area contributed by atoms with Crippen molar-refractivity contribution in [2.24, 2.45) is 5.41 Å². The summed E-state index contributed by atoms with van der Waals surface area (Å²) in [6, 6.07) is 12.7. The Hall–Kier alpha value is -2.11. The summed E-state index contributed by atoms with van der Waals surface area (Å²) in [5.74, 6) is 2.20. The lowest BCUT2D eigenvalue weighted by Gasteiger charge is -2.35. The van der Waals surface area contributed by atoms with Crippen LogP contribution in [-0.4, -0.2) is 42.2 Å². The van der Waals surface area contributed by atoms with Crippen LogP contribution in [0.1, 0.15) is 45.1 Å². The summed E-state index contributed by atoms with van der Waals surface area (Å²) in [7, 11) is 0. The highest BCUT2D eigenvalue weighted by Crippen LogP contribution is 2.35. The van der Waals surface area contributed by atoms with Crippen LogP contribution in [0.5, 0.6) is 17.4 Å². The molecule has 2 aliphatic heterocycles. The van der Waals surface area contributed by atoms with E-state index in [1.165, 1.54) is 19.3 Å². The molecule has 0 amide bonds. The first-order valence-electron chi connectivity index (χ1n) is 10.9. The molecule has 0 radical (unpaired) electrons. The summed E-state index contributed by atoms with van der Waals surface area (Å²) < 4.78 is 12.5. The van der Waals surface area contributed by atoms with Crippen LogP contribution in [0.15, 0.2) is 42.6 Å². The number of rotatable bonds is 1. The molecule has 0 unspecified atom stereocenters. The summed E-state index contributed by atoms with van der Waals surface area (Å²) in [4.78, 5) is 7.21. The summed E-state index contributed by atoms with van der Waals surface area (Å²) >= 11 is 0. The van der Waals surface area contributed by atoms with Crippen molar-refractivity contribution in [3.8, 4) is 17.4 Å². The molecule has 5 heteroatoms. The van der Waals surface area contributed by atoms with Crippen LogP contribution in [0.25, 0.3) is 0 Å². The molecule has 0 spiro atoms. The van der Waals surface area contributed by atoms with Gasteiger partial charge in [0.25, 0.3) is 0 Å². The van der Waals surface area contributed by atoms with Crippen LogP contribution in [0.4, 0.5) is 0 Å². The van der Waals surface area contributed by atoms with E-state index in [-0.39, 0.29) is 5.41 Å². The average Bonchev–Trinajstić information content (AvgIpc) is 2.74. The zero-order valence-electron chi connectivity index (χ0n) is 17.7. The highest BCUT2D eigenvalue weighted by Gasteiger charge is 2.25. The van der Waals surface area contributed by atoms with Crippen molar-refractivity contribution in [2.45, 2.75) is 52.1 Å². The van der Waals surface area contributed by atoms with E-state index in [1.807, 2.05) is 30.3 Å². The Morgan fingerprint density at radius 1 is 1.07 bits per heavy atom. The SMILES string of the molecule is CC1(C)CCCN(C2CCNCC2)Cc2cccnc2Oc2ccccc2OC1. The highest BCUT2D eigenvalue weighted by atomic mass is 16.5. The van der Waals surface area contributed by atoms with Crippen LogP contribution in [0.3, 0.4) is 0 Å². The van der Waals surface area contributed by atoms with E-state index in [4.69, 9.17) is 9.47 Å². The lowest BCUT2D eigenvalue weighted by molar-refractivity contribution is 0.129. The largest absolute Gasteiger partial charge is 0.489 e. The second-order valence-electron chi connectivity index (χ2n) is 9.02. The molecule has 0 saturated carbocycles. The molecule has 4 rings (SSSR count). The first-order valence-corrected chi connectivity index (χ1v) is 10.9. The minimum absolute atomic E-state index is 0.117. The zero-order valence-corrected chi connectivity index (χ0v) is 17.7. The van der Waals surface area contributed by atoms with Gasteiger partial charge in [-0.25, -0.2) is 4.98 Å². The molecule has 1 N–H and O–H groups in total. The average molecular weight is 396 g/mol. The third kappa shape index (κ3) is 5.28. The van der Waals surface area contributed by atoms with E-state index in [0.29, 0.717) is 18.5 Å². The van der Waals surface area contributed by atoms with E-state index in [1.54, 1.807) is 6.20 Å². The van der Waals surface area contributed by atoms with Gasteiger partial charge in [-0.3, -0.25) is 4.90 Å². The summed E-state index contributed by atoms with van der Waals surface area (Å²) in [5.41, 5.74) is 1.26. The van der Waals surface area contributed by atoms with Gasteiger partial charge in [-0.2, -0.15) is 0 Å². The fraction of sp³-hybridized carbons (Fsp3) is 0.542. The molecule has 1 aromatic heterocycles. The van der Waals surface area contributed by atoms with E-state index in [2.05, 4.69) is 35.1 Å². The quantitative estimate of drug-likeness (QED) is 0.763. The molecule has 3 heterocycles. The maximum atomic E-state index is 6.28. The van der Waals surface area contributed by atoms with Crippen molar-refractivity contribution in [3.63, 3.8) is 0 Å². The number of fused-ring (bicyclic) bond motifs is 2. The Kier molecular flexibility index (Phi) is 6.36. The van der Waals surface area contributed by atoms with Crippen molar-refractivity contribution >= 4 is 0 Å². The van der Waals surface area contributed by atoms with E-state index in [0.717, 1.165) is 49.7 Å². The Balaban J connectivity index is 1.66. The van der Waals surface area contributed by atoms with Crippen LogP contribution < -0.4 is 14.8 Å². The molecule has 5 nitrogen and oxygen atoms in total. The number of aromatic nitrogens is 1. The predicted molar refractivity (Wildman–Crippen MR) is 116 cm³/mol. The van der Waals surface area contributed by atoms with Gasteiger partial charge in [0.2, 0.25) is 5.88 Å². The van der Waals surface area contributed by atoms with Crippen molar-refractivity contribution < 1.29 is 9.47 Å². The lowest BCUT2D eigenvalue weighted by atomic mass is 9.88. The second-order valence-corrected chi connectivity index (χ2v) is 9.02. The fourth-order valence-corrected chi connectivity index (χ4v) is 4.28. The Morgan fingerprint density at radius 2 is 1.86 bits per heavy atom. The molecule has 2 aliphatic rings. The van der Waals surface area contributed by atoms with Crippen molar-refractivity contribution in [3.05, 3.63) is 48.2 Å². The molecule has 0 aliphatic carbocycles. The summed E-state index contributed by atoms with van der Waals surface area (Å²) in [6.45, 7) is 9.43. The monoisotopic (exact) mass is 395 g/mol. The van der Waals surface area contributed by atoms with Crippen LogP contribution >= 0.6 is 0 Å². The number of pyridine rings is 1. The maximum absolute atomic E-state index is 6.28. The van der Waals surface area contributed by atoms with Crippen molar-refractivity contribution in [1.82, 2.24) is 15.2 Å². The first kappa shape index (κ1) is 20.2. The normalized spacial score (nSPS) is 21.3. The van der Waals surface area contributed by atoms with E-state index < -0.39 is 0 Å². The van der Waals surface area contributed by atoms with Gasteiger partial charge >= 0.3 is 0 Å². The number of para-hydroxylation sites is 2. The zero-order chi connectivity index (χ0) is 20.1. The number of hydrogen-bond donors (Lipinski definition) is 1. The predicted octanol–water partition coefficient (Wildman–Crippen LogP) is 4.63. The lowest BCUT2D eigenvalue weighted by Crippen LogP contribution is -2.43. The fourth-order valence-electron chi connectivity index (χ4n) is 4.28. The Bertz CT molecular complexity index is 802. The third-order valence-electron chi connectivity index (χ3n) is 6.02. The first-order chi connectivity index (χ1) is 14.1. The molecule has 0 bridgehead atoms. The van der Waals surface area contributed by atoms with E-state index >= 15 is 0 Å². The second kappa shape index (κ2) is 9.14. The van der Waals surface area contributed by atoms with Gasteiger partial charge in [0.05, 0.1) is 6.61 Å². The molecule has 1 saturated heterocycles. The van der Waals surface area contributed by atoms with Crippen molar-refractivity contribution in [1.29, 1.82) is 0 Å². The Labute approximate surface area is 174 Å². The van der Waals surface area contributed by atoms with E-state index in [9.17, 15) is 0 Å². The van der Waals surface area contributed by atoms with Crippen molar-refractivity contribution in [2.75, 3.05) is 26.2 Å². The van der Waals surface area contributed by atoms with Crippen LogP contribution in [0, 0.1) is 5.41 Å². The molecule has 156 valence electrons. The molecule has 1 fully saturated rings. The summed E-state index contributed by atoms with van der Waals surface area (Å²) in [6.07, 6.45) is 6.51. The molecule has 0 atom stereocenters. The van der Waals surface area contributed by atoms with Gasteiger partial charge in [-0.1, -0.05) is 32.0 Å². The number of nitrogens with one attached hydrogen (secondary N) is 1. The third-order valence-corrected chi connectivity index (χ3v) is 6.02. The highest BCUT2D eigenvalue weighted by molar-refractivity contribution is 5.43. The van der Waals surface area contributed by atoms with Crippen LogP contribution in [0.2, 0.25) is 0 Å². The minimum atomic E-state index is 0.117. The molecule has 29 heavy (non-hydrogen) atoms. The van der Waals surface area contributed by atoms with Crippen LogP contribution in [-0.2, 0) is 6.54 Å². The van der Waals surface area contributed by atoms with Gasteiger partial charge in [0.1, 0.15) is 0 Å².